The lowest BCUT2D eigenvalue weighted by molar-refractivity contribution is -0.112. The minimum atomic E-state index is -0.792. The van der Waals surface area contributed by atoms with Gasteiger partial charge in [0.1, 0.15) is 0 Å². The van der Waals surface area contributed by atoms with Gasteiger partial charge in [-0.3, -0.25) is 0 Å². The van der Waals surface area contributed by atoms with E-state index in [-0.39, 0.29) is 0 Å². The molecule has 0 saturated carbocycles. The van der Waals surface area contributed by atoms with Gasteiger partial charge in [0, 0.05) is 5.56 Å². The van der Waals surface area contributed by atoms with E-state index in [1.807, 2.05) is 31.2 Å². The fraction of sp³-hybridized carbons (Fsp3) is 0.538. The summed E-state index contributed by atoms with van der Waals surface area (Å²) in [6.07, 6.45) is 0.278. The lowest BCUT2D eigenvalue weighted by Crippen LogP contribution is -2.10. The van der Waals surface area contributed by atoms with Gasteiger partial charge < -0.3 is 9.84 Å². The van der Waals surface area contributed by atoms with Crippen LogP contribution in [0.15, 0.2) is 24.3 Å². The van der Waals surface area contributed by atoms with E-state index in [0.29, 0.717) is 12.5 Å². The zero-order chi connectivity index (χ0) is 11.3. The van der Waals surface area contributed by atoms with Crippen molar-refractivity contribution in [2.24, 2.45) is 5.92 Å². The Balaban J connectivity index is 2.46. The van der Waals surface area contributed by atoms with Gasteiger partial charge in [-0.2, -0.15) is 0 Å². The number of aryl methyl sites for hydroxylation is 1. The molecule has 0 fully saturated rings. The molecule has 0 aliphatic rings. The Morgan fingerprint density at radius 3 is 2.40 bits per heavy atom. The first kappa shape index (κ1) is 12.2. The van der Waals surface area contributed by atoms with E-state index in [2.05, 4.69) is 13.8 Å². The summed E-state index contributed by atoms with van der Waals surface area (Å²) in [5.41, 5.74) is 2.01. The third kappa shape index (κ3) is 4.02. The van der Waals surface area contributed by atoms with Crippen LogP contribution in [-0.2, 0) is 4.74 Å². The molecule has 0 aliphatic heterocycles. The average Bonchev–Trinajstić information content (AvgIpc) is 2.26. The Bertz CT molecular complexity index is 279. The van der Waals surface area contributed by atoms with Crippen molar-refractivity contribution in [1.29, 1.82) is 0 Å². The molecule has 1 N–H and O–H groups in total. The van der Waals surface area contributed by atoms with Gasteiger partial charge in [-0.25, -0.2) is 0 Å². The normalized spacial score (nSPS) is 14.9. The maximum atomic E-state index is 9.73. The summed E-state index contributed by atoms with van der Waals surface area (Å²) >= 11 is 0. The van der Waals surface area contributed by atoms with Crippen LogP contribution in [0, 0.1) is 12.8 Å². The maximum absolute atomic E-state index is 9.73. The third-order valence-corrected chi connectivity index (χ3v) is 2.60. The van der Waals surface area contributed by atoms with Crippen molar-refractivity contribution < 1.29 is 9.84 Å². The zero-order valence-corrected chi connectivity index (χ0v) is 9.73. The van der Waals surface area contributed by atoms with E-state index < -0.39 is 6.29 Å². The molecule has 0 amide bonds. The number of hydrogen-bond acceptors (Lipinski definition) is 2. The molecule has 0 aromatic heterocycles. The van der Waals surface area contributed by atoms with Crippen LogP contribution in [0.1, 0.15) is 37.7 Å². The number of hydrogen-bond donors (Lipinski definition) is 1. The molecule has 1 aromatic carbocycles. The van der Waals surface area contributed by atoms with Crippen LogP contribution in [-0.4, -0.2) is 11.7 Å². The molecule has 1 aromatic rings. The second-order valence-electron chi connectivity index (χ2n) is 4.11. The lowest BCUT2D eigenvalue weighted by Gasteiger charge is -2.15. The zero-order valence-electron chi connectivity index (χ0n) is 9.73. The van der Waals surface area contributed by atoms with E-state index in [1.54, 1.807) is 0 Å². The van der Waals surface area contributed by atoms with Crippen LogP contribution < -0.4 is 0 Å². The summed E-state index contributed by atoms with van der Waals surface area (Å²) in [5, 5.41) is 9.73. The smallest absolute Gasteiger partial charge is 0.181 e. The van der Waals surface area contributed by atoms with Crippen LogP contribution in [0.3, 0.4) is 0 Å². The number of ether oxygens (including phenoxy) is 1. The number of aliphatic hydroxyl groups excluding tert-OH is 1. The van der Waals surface area contributed by atoms with Crippen molar-refractivity contribution in [3.8, 4) is 0 Å². The molecular weight excluding hydrogens is 188 g/mol. The molecule has 0 bridgehead atoms. The van der Waals surface area contributed by atoms with Gasteiger partial charge in [0.05, 0.1) is 6.61 Å². The van der Waals surface area contributed by atoms with E-state index in [9.17, 15) is 5.11 Å². The minimum Gasteiger partial charge on any atom is -0.364 e. The molecular formula is C13H20O2. The van der Waals surface area contributed by atoms with E-state index in [0.717, 1.165) is 12.0 Å². The Labute approximate surface area is 91.9 Å². The third-order valence-electron chi connectivity index (χ3n) is 2.60. The molecule has 0 spiro atoms. The molecule has 0 saturated heterocycles. The van der Waals surface area contributed by atoms with Gasteiger partial charge in [-0.1, -0.05) is 50.1 Å². The Morgan fingerprint density at radius 2 is 1.87 bits per heavy atom. The predicted molar refractivity (Wildman–Crippen MR) is 61.5 cm³/mol. The lowest BCUT2D eigenvalue weighted by atomic mass is 10.1. The van der Waals surface area contributed by atoms with Gasteiger partial charge in [0.2, 0.25) is 0 Å². The molecule has 1 rings (SSSR count). The van der Waals surface area contributed by atoms with Crippen molar-refractivity contribution in [2.45, 2.75) is 33.5 Å². The second-order valence-corrected chi connectivity index (χ2v) is 4.11. The van der Waals surface area contributed by atoms with Gasteiger partial charge in [0.25, 0.3) is 0 Å². The SMILES string of the molecule is CCC(C)COC(O)c1ccc(C)cc1. The Hall–Kier alpha value is -0.860. The molecule has 84 valence electrons. The molecule has 2 heteroatoms. The van der Waals surface area contributed by atoms with E-state index in [1.165, 1.54) is 5.56 Å². The Morgan fingerprint density at radius 1 is 1.27 bits per heavy atom. The van der Waals surface area contributed by atoms with Crippen LogP contribution in [0.25, 0.3) is 0 Å². The summed E-state index contributed by atoms with van der Waals surface area (Å²) in [7, 11) is 0. The highest BCUT2D eigenvalue weighted by Crippen LogP contribution is 2.16. The van der Waals surface area contributed by atoms with Gasteiger partial charge in [-0.05, 0) is 12.8 Å². The Kier molecular flexibility index (Phi) is 4.79. The highest BCUT2D eigenvalue weighted by atomic mass is 16.6. The first-order valence-electron chi connectivity index (χ1n) is 5.49. The van der Waals surface area contributed by atoms with Crippen LogP contribution in [0.4, 0.5) is 0 Å². The minimum absolute atomic E-state index is 0.491. The van der Waals surface area contributed by atoms with Crippen molar-refractivity contribution >= 4 is 0 Å². The summed E-state index contributed by atoms with van der Waals surface area (Å²) in [6.45, 7) is 6.86. The van der Waals surface area contributed by atoms with Crippen molar-refractivity contribution in [2.75, 3.05) is 6.61 Å². The molecule has 0 heterocycles. The van der Waals surface area contributed by atoms with Crippen molar-refractivity contribution in [3.05, 3.63) is 35.4 Å². The molecule has 15 heavy (non-hydrogen) atoms. The number of aliphatic hydroxyl groups is 1. The first-order valence-corrected chi connectivity index (χ1v) is 5.49. The predicted octanol–water partition coefficient (Wildman–Crippen LogP) is 3.05. The summed E-state index contributed by atoms with van der Waals surface area (Å²) in [6, 6.07) is 7.75. The molecule has 2 atom stereocenters. The highest BCUT2D eigenvalue weighted by Gasteiger charge is 2.08. The summed E-state index contributed by atoms with van der Waals surface area (Å²) in [4.78, 5) is 0. The number of rotatable bonds is 5. The topological polar surface area (TPSA) is 29.5 Å². The summed E-state index contributed by atoms with van der Waals surface area (Å²) in [5.74, 6) is 0.491. The quantitative estimate of drug-likeness (QED) is 0.754. The fourth-order valence-corrected chi connectivity index (χ4v) is 1.20. The van der Waals surface area contributed by atoms with Gasteiger partial charge in [-0.15, -0.1) is 0 Å². The van der Waals surface area contributed by atoms with Crippen LogP contribution in [0.5, 0.6) is 0 Å². The fourth-order valence-electron chi connectivity index (χ4n) is 1.20. The average molecular weight is 208 g/mol. The van der Waals surface area contributed by atoms with Crippen LogP contribution >= 0.6 is 0 Å². The highest BCUT2D eigenvalue weighted by molar-refractivity contribution is 5.21. The number of benzene rings is 1. The van der Waals surface area contributed by atoms with E-state index >= 15 is 0 Å². The molecule has 2 unspecified atom stereocenters. The summed E-state index contributed by atoms with van der Waals surface area (Å²) < 4.78 is 5.38. The largest absolute Gasteiger partial charge is 0.364 e. The standard InChI is InChI=1S/C13H20O2/c1-4-10(2)9-15-13(14)12-7-5-11(3)6-8-12/h5-8,10,13-14H,4,9H2,1-3H3. The van der Waals surface area contributed by atoms with Gasteiger partial charge >= 0.3 is 0 Å². The second kappa shape index (κ2) is 5.89. The van der Waals surface area contributed by atoms with Crippen molar-refractivity contribution in [1.82, 2.24) is 0 Å². The van der Waals surface area contributed by atoms with E-state index in [4.69, 9.17) is 4.74 Å². The van der Waals surface area contributed by atoms with Crippen molar-refractivity contribution in [3.63, 3.8) is 0 Å². The van der Waals surface area contributed by atoms with Gasteiger partial charge in [0.15, 0.2) is 6.29 Å². The first-order chi connectivity index (χ1) is 7.13. The molecule has 0 radical (unpaired) electrons. The van der Waals surface area contributed by atoms with Crippen LogP contribution in [0.2, 0.25) is 0 Å². The maximum Gasteiger partial charge on any atom is 0.181 e. The molecule has 2 nitrogen and oxygen atoms in total. The monoisotopic (exact) mass is 208 g/mol. The molecule has 0 aliphatic carbocycles.